The predicted octanol–water partition coefficient (Wildman–Crippen LogP) is 1.19. The molecule has 1 fully saturated rings. The summed E-state index contributed by atoms with van der Waals surface area (Å²) in [6.45, 7) is 5.30. The summed E-state index contributed by atoms with van der Waals surface area (Å²) in [5.41, 5.74) is 4.86. The van der Waals surface area contributed by atoms with Crippen LogP contribution >= 0.6 is 0 Å². The van der Waals surface area contributed by atoms with Gasteiger partial charge in [0.15, 0.2) is 0 Å². The minimum absolute atomic E-state index is 0.108. The molecule has 2 rings (SSSR count). The standard InChI is InChI=1S/C14H21N3O3S/c1-13(2,3)17-21(19,20)11-6-4-5-10(9-11)16-12(18)14(15)7-8-14/h4-6,9,17H,7-8,15H2,1-3H3,(H,16,18). The third kappa shape index (κ3) is 4.03. The Kier molecular flexibility index (Phi) is 3.86. The first-order valence-corrected chi connectivity index (χ1v) is 8.25. The lowest BCUT2D eigenvalue weighted by Gasteiger charge is -2.20. The molecule has 0 aliphatic heterocycles. The maximum absolute atomic E-state index is 12.2. The Morgan fingerprint density at radius 1 is 1.29 bits per heavy atom. The van der Waals surface area contributed by atoms with Crippen molar-refractivity contribution in [3.8, 4) is 0 Å². The van der Waals surface area contributed by atoms with Crippen molar-refractivity contribution in [1.29, 1.82) is 0 Å². The number of anilines is 1. The highest BCUT2D eigenvalue weighted by atomic mass is 32.2. The maximum atomic E-state index is 12.2. The van der Waals surface area contributed by atoms with E-state index in [1.807, 2.05) is 0 Å². The number of benzene rings is 1. The number of rotatable bonds is 4. The third-order valence-corrected chi connectivity index (χ3v) is 4.84. The van der Waals surface area contributed by atoms with Crippen LogP contribution in [-0.4, -0.2) is 25.4 Å². The van der Waals surface area contributed by atoms with E-state index in [9.17, 15) is 13.2 Å². The summed E-state index contributed by atoms with van der Waals surface area (Å²) in [6.07, 6.45) is 1.31. The summed E-state index contributed by atoms with van der Waals surface area (Å²) >= 11 is 0. The summed E-state index contributed by atoms with van der Waals surface area (Å²) in [5.74, 6) is -0.277. The Labute approximate surface area is 125 Å². The van der Waals surface area contributed by atoms with Gasteiger partial charge in [0, 0.05) is 11.2 Å². The molecule has 6 nitrogen and oxygen atoms in total. The highest BCUT2D eigenvalue weighted by molar-refractivity contribution is 7.89. The van der Waals surface area contributed by atoms with Crippen molar-refractivity contribution in [3.63, 3.8) is 0 Å². The Balaban J connectivity index is 2.19. The van der Waals surface area contributed by atoms with E-state index in [0.717, 1.165) is 0 Å². The molecule has 0 spiro atoms. The van der Waals surface area contributed by atoms with Crippen LogP contribution in [0.4, 0.5) is 5.69 Å². The minimum atomic E-state index is -3.63. The minimum Gasteiger partial charge on any atom is -0.324 e. The molecule has 0 unspecified atom stereocenters. The van der Waals surface area contributed by atoms with Crippen LogP contribution in [0.3, 0.4) is 0 Å². The number of hydrogen-bond donors (Lipinski definition) is 3. The van der Waals surface area contributed by atoms with Gasteiger partial charge in [-0.3, -0.25) is 4.79 Å². The van der Waals surface area contributed by atoms with Gasteiger partial charge >= 0.3 is 0 Å². The van der Waals surface area contributed by atoms with Gasteiger partial charge in [-0.15, -0.1) is 0 Å². The normalized spacial score (nSPS) is 17.3. The first-order valence-electron chi connectivity index (χ1n) is 6.76. The van der Waals surface area contributed by atoms with Crippen LogP contribution in [0.1, 0.15) is 33.6 Å². The molecule has 0 atom stereocenters. The highest BCUT2D eigenvalue weighted by Crippen LogP contribution is 2.33. The van der Waals surface area contributed by atoms with E-state index >= 15 is 0 Å². The number of hydrogen-bond acceptors (Lipinski definition) is 4. The van der Waals surface area contributed by atoms with Crippen molar-refractivity contribution in [2.24, 2.45) is 5.73 Å². The molecule has 7 heteroatoms. The van der Waals surface area contributed by atoms with E-state index in [-0.39, 0.29) is 10.8 Å². The molecule has 1 amide bonds. The first-order chi connectivity index (χ1) is 9.52. The van der Waals surface area contributed by atoms with Crippen molar-refractivity contribution in [2.75, 3.05) is 5.32 Å². The van der Waals surface area contributed by atoms with Crippen molar-refractivity contribution in [3.05, 3.63) is 24.3 Å². The van der Waals surface area contributed by atoms with E-state index < -0.39 is 21.1 Å². The fraction of sp³-hybridized carbons (Fsp3) is 0.500. The quantitative estimate of drug-likeness (QED) is 0.777. The maximum Gasteiger partial charge on any atom is 0.244 e. The van der Waals surface area contributed by atoms with Crippen molar-refractivity contribution >= 4 is 21.6 Å². The monoisotopic (exact) mass is 311 g/mol. The molecule has 4 N–H and O–H groups in total. The van der Waals surface area contributed by atoms with Crippen molar-refractivity contribution < 1.29 is 13.2 Å². The Morgan fingerprint density at radius 3 is 2.43 bits per heavy atom. The van der Waals surface area contributed by atoms with E-state index in [4.69, 9.17) is 5.73 Å². The molecule has 1 saturated carbocycles. The lowest BCUT2D eigenvalue weighted by atomic mass is 10.1. The van der Waals surface area contributed by atoms with Gasteiger partial charge in [0.05, 0.1) is 10.4 Å². The van der Waals surface area contributed by atoms with Gasteiger partial charge in [0.25, 0.3) is 0 Å². The van der Waals surface area contributed by atoms with Gasteiger partial charge in [0.1, 0.15) is 0 Å². The second kappa shape index (κ2) is 5.08. The summed E-state index contributed by atoms with van der Waals surface area (Å²) in [7, 11) is -3.63. The number of nitrogens with one attached hydrogen (secondary N) is 2. The lowest BCUT2D eigenvalue weighted by Crippen LogP contribution is -2.40. The Hall–Kier alpha value is -1.44. The van der Waals surface area contributed by atoms with Gasteiger partial charge in [-0.2, -0.15) is 0 Å². The molecule has 0 bridgehead atoms. The summed E-state index contributed by atoms with van der Waals surface area (Å²) in [5, 5.41) is 2.66. The van der Waals surface area contributed by atoms with E-state index in [0.29, 0.717) is 18.5 Å². The molecule has 21 heavy (non-hydrogen) atoms. The zero-order chi connectivity index (χ0) is 15.9. The van der Waals surface area contributed by atoms with Crippen LogP contribution in [-0.2, 0) is 14.8 Å². The molecular formula is C14H21N3O3S. The fourth-order valence-corrected chi connectivity index (χ4v) is 3.28. The molecule has 1 aromatic carbocycles. The second-order valence-electron chi connectivity index (χ2n) is 6.49. The van der Waals surface area contributed by atoms with Crippen LogP contribution in [0.2, 0.25) is 0 Å². The average Bonchev–Trinajstić information content (AvgIpc) is 3.06. The zero-order valence-corrected chi connectivity index (χ0v) is 13.3. The molecule has 1 aromatic rings. The van der Waals surface area contributed by atoms with Crippen LogP contribution in [0.15, 0.2) is 29.2 Å². The number of carbonyl (C=O) groups is 1. The van der Waals surface area contributed by atoms with Gasteiger partial charge in [-0.25, -0.2) is 13.1 Å². The van der Waals surface area contributed by atoms with Crippen LogP contribution in [0.25, 0.3) is 0 Å². The number of carbonyl (C=O) groups excluding carboxylic acids is 1. The van der Waals surface area contributed by atoms with Gasteiger partial charge in [0.2, 0.25) is 15.9 Å². The number of amides is 1. The Bertz CT molecular complexity index is 658. The largest absolute Gasteiger partial charge is 0.324 e. The van der Waals surface area contributed by atoms with Gasteiger partial charge in [-0.05, 0) is 51.8 Å². The molecule has 0 heterocycles. The van der Waals surface area contributed by atoms with E-state index in [1.54, 1.807) is 32.9 Å². The molecule has 0 saturated heterocycles. The topological polar surface area (TPSA) is 101 Å². The lowest BCUT2D eigenvalue weighted by molar-refractivity contribution is -0.118. The predicted molar refractivity (Wildman–Crippen MR) is 81.3 cm³/mol. The molecule has 1 aliphatic rings. The summed E-state index contributed by atoms with van der Waals surface area (Å²) in [4.78, 5) is 12.0. The molecule has 1 aliphatic carbocycles. The zero-order valence-electron chi connectivity index (χ0n) is 12.4. The third-order valence-electron chi connectivity index (χ3n) is 3.08. The SMILES string of the molecule is CC(C)(C)NS(=O)(=O)c1cccc(NC(=O)C2(N)CC2)c1. The summed E-state index contributed by atoms with van der Waals surface area (Å²) < 4.78 is 27.1. The van der Waals surface area contributed by atoms with E-state index in [1.165, 1.54) is 12.1 Å². The van der Waals surface area contributed by atoms with Gasteiger partial charge < -0.3 is 11.1 Å². The molecular weight excluding hydrogens is 290 g/mol. The van der Waals surface area contributed by atoms with Gasteiger partial charge in [-0.1, -0.05) is 6.07 Å². The molecule has 116 valence electrons. The number of sulfonamides is 1. The van der Waals surface area contributed by atoms with Crippen molar-refractivity contribution in [2.45, 2.75) is 49.6 Å². The fourth-order valence-electron chi connectivity index (χ4n) is 1.82. The van der Waals surface area contributed by atoms with Crippen LogP contribution in [0.5, 0.6) is 0 Å². The van der Waals surface area contributed by atoms with Crippen LogP contribution in [0, 0.1) is 0 Å². The number of nitrogens with two attached hydrogens (primary N) is 1. The smallest absolute Gasteiger partial charge is 0.244 e. The van der Waals surface area contributed by atoms with Crippen LogP contribution < -0.4 is 15.8 Å². The second-order valence-corrected chi connectivity index (χ2v) is 8.18. The average molecular weight is 311 g/mol. The van der Waals surface area contributed by atoms with E-state index in [2.05, 4.69) is 10.0 Å². The molecule has 0 radical (unpaired) electrons. The highest BCUT2D eigenvalue weighted by Gasteiger charge is 2.45. The van der Waals surface area contributed by atoms with Crippen molar-refractivity contribution in [1.82, 2.24) is 4.72 Å². The molecule has 0 aromatic heterocycles. The summed E-state index contributed by atoms with van der Waals surface area (Å²) in [6, 6.07) is 6.14. The first kappa shape index (κ1) is 15.9. The Morgan fingerprint density at radius 2 is 1.90 bits per heavy atom.